The van der Waals surface area contributed by atoms with E-state index in [1.54, 1.807) is 0 Å². The van der Waals surface area contributed by atoms with Crippen LogP contribution in [-0.2, 0) is 16.2 Å². The summed E-state index contributed by atoms with van der Waals surface area (Å²) < 4.78 is 0. The van der Waals surface area contributed by atoms with Crippen LogP contribution >= 0.6 is 0 Å². The minimum absolute atomic E-state index is 0.153. The maximum Gasteiger partial charge on any atom is 0.0459 e. The van der Waals surface area contributed by atoms with E-state index >= 15 is 0 Å². The van der Waals surface area contributed by atoms with E-state index < -0.39 is 5.41 Å². The van der Waals surface area contributed by atoms with Gasteiger partial charge in [-0.1, -0.05) is 264 Å². The van der Waals surface area contributed by atoms with Gasteiger partial charge in [0.1, 0.15) is 0 Å². The Hall–Kier alpha value is -9.50. The molecule has 0 unspecified atom stereocenters. The first-order valence-corrected chi connectivity index (χ1v) is 28.1. The topological polar surface area (TPSA) is 6.48 Å². The summed E-state index contributed by atoms with van der Waals surface area (Å²) in [6.45, 7) is 11.8. The Kier molecular flexibility index (Phi) is 12.7. The van der Waals surface area contributed by atoms with Gasteiger partial charge in [-0.15, -0.1) is 0 Å². The molecule has 2 aliphatic rings. The van der Waals surface area contributed by atoms with Crippen LogP contribution in [0.25, 0.3) is 33.4 Å². The van der Waals surface area contributed by atoms with Crippen LogP contribution in [0, 0.1) is 0 Å². The van der Waals surface area contributed by atoms with Gasteiger partial charge in [0.15, 0.2) is 0 Å². The van der Waals surface area contributed by atoms with Gasteiger partial charge in [-0.3, -0.25) is 0 Å². The second kappa shape index (κ2) is 20.4. The number of fused-ring (bicyclic) bond motifs is 6. The van der Waals surface area contributed by atoms with E-state index in [4.69, 9.17) is 0 Å². The lowest BCUT2D eigenvalue weighted by atomic mass is 9.71. The van der Waals surface area contributed by atoms with Crippen LogP contribution in [0.15, 0.2) is 298 Å². The van der Waals surface area contributed by atoms with E-state index in [2.05, 4.69) is 342 Å². The summed E-state index contributed by atoms with van der Waals surface area (Å²) in [5, 5.41) is 0. The van der Waals surface area contributed by atoms with Crippen molar-refractivity contribution in [2.45, 2.75) is 50.9 Å². The van der Waals surface area contributed by atoms with E-state index in [0.29, 0.717) is 0 Å². The van der Waals surface area contributed by atoms with Gasteiger partial charge in [0, 0.05) is 62.5 Å². The molecule has 0 N–H and O–H groups in total. The molecular weight excluding hydrogens is 965 g/mol. The summed E-state index contributed by atoms with van der Waals surface area (Å²) in [6.07, 6.45) is 4.68. The van der Waals surface area contributed by atoms with Gasteiger partial charge in [-0.05, 0) is 139 Å². The van der Waals surface area contributed by atoms with Crippen LogP contribution in [0.4, 0.5) is 22.7 Å². The Morgan fingerprint density at radius 1 is 0.287 bits per heavy atom. The van der Waals surface area contributed by atoms with Crippen molar-refractivity contribution in [3.8, 4) is 22.3 Å². The molecular formula is C78H64N2. The Balaban J connectivity index is 0.935. The van der Waals surface area contributed by atoms with Crippen LogP contribution in [0.3, 0.4) is 0 Å². The zero-order chi connectivity index (χ0) is 54.4. The van der Waals surface area contributed by atoms with Crippen molar-refractivity contribution in [1.29, 1.82) is 0 Å². The second-order valence-corrected chi connectivity index (χ2v) is 22.7. The number of benzene rings is 11. The Morgan fingerprint density at radius 3 is 0.912 bits per heavy atom. The smallest absolute Gasteiger partial charge is 0.0459 e. The Bertz CT molecular complexity index is 3750. The van der Waals surface area contributed by atoms with Crippen LogP contribution in [-0.4, -0.2) is 0 Å². The van der Waals surface area contributed by atoms with Gasteiger partial charge in [0.25, 0.3) is 0 Å². The maximum atomic E-state index is 2.42. The van der Waals surface area contributed by atoms with Crippen molar-refractivity contribution < 1.29 is 0 Å². The predicted molar refractivity (Wildman–Crippen MR) is 337 cm³/mol. The highest BCUT2D eigenvalue weighted by molar-refractivity contribution is 5.89. The van der Waals surface area contributed by atoms with E-state index in [1.165, 1.54) is 61.2 Å². The molecule has 11 aromatic rings. The van der Waals surface area contributed by atoms with Gasteiger partial charge < -0.3 is 9.80 Å². The summed E-state index contributed by atoms with van der Waals surface area (Å²) in [5.74, 6) is 0. The van der Waals surface area contributed by atoms with Crippen LogP contribution in [0.2, 0.25) is 0 Å². The largest absolute Gasteiger partial charge is 0.317 e. The molecule has 0 saturated heterocycles. The molecule has 0 bridgehead atoms. The average Bonchev–Trinajstić information content (AvgIpc) is 3.99. The molecule has 0 spiro atoms. The van der Waals surface area contributed by atoms with E-state index in [9.17, 15) is 0 Å². The number of anilines is 4. The fourth-order valence-corrected chi connectivity index (χ4v) is 12.8. The highest BCUT2D eigenvalue weighted by Crippen LogP contribution is 2.52. The molecule has 80 heavy (non-hydrogen) atoms. The second-order valence-electron chi connectivity index (χ2n) is 22.7. The summed E-state index contributed by atoms with van der Waals surface area (Å²) in [6, 6.07) is 105. The number of nitrogens with zero attached hydrogens (tertiary/aromatic N) is 2. The van der Waals surface area contributed by atoms with Crippen molar-refractivity contribution in [2.24, 2.45) is 0 Å². The highest BCUT2D eigenvalue weighted by atomic mass is 15.1. The third-order valence-electron chi connectivity index (χ3n) is 17.3. The first-order chi connectivity index (χ1) is 39.1. The normalized spacial score (nSPS) is 13.3. The molecule has 0 fully saturated rings. The van der Waals surface area contributed by atoms with Gasteiger partial charge in [0.05, 0.1) is 0 Å². The highest BCUT2D eigenvalue weighted by Gasteiger charge is 2.38. The van der Waals surface area contributed by atoms with Gasteiger partial charge >= 0.3 is 0 Å². The molecule has 13 rings (SSSR count). The van der Waals surface area contributed by atoms with Crippen molar-refractivity contribution in [3.63, 3.8) is 0 Å². The lowest BCUT2D eigenvalue weighted by Gasteiger charge is -2.33. The van der Waals surface area contributed by atoms with Gasteiger partial charge in [-0.25, -0.2) is 0 Å². The fraction of sp³-hybridized carbons (Fsp3) is 0.103. The first kappa shape index (κ1) is 50.0. The van der Waals surface area contributed by atoms with Gasteiger partial charge in [-0.2, -0.15) is 0 Å². The molecule has 2 aliphatic carbocycles. The number of hydrogen-bond acceptors (Lipinski definition) is 2. The van der Waals surface area contributed by atoms with Crippen LogP contribution in [0.5, 0.6) is 0 Å². The van der Waals surface area contributed by atoms with Crippen LogP contribution in [0.1, 0.15) is 95.8 Å². The third kappa shape index (κ3) is 8.78. The summed E-state index contributed by atoms with van der Waals surface area (Å²) in [5.41, 5.74) is 24.8. The standard InChI is InChI=1S/C78H64N2/c1-76(2)72-37-23-21-35-66(72)68-49-47-64(51-74(68)76)79(53-70(55-25-11-6-12-26-55)56-27-13-7-14-28-56)62-43-39-60(40-44-62)78(5,59-33-19-10-20-34-59)61-41-45-63(46-42-61)80(54-71(57-29-15-8-16-30-57)58-31-17-9-18-32-58)65-48-50-69-67-36-22-24-38-73(67)77(3,4)75(69)52-65/h6-54H,1-5H3. The fourth-order valence-electron chi connectivity index (χ4n) is 12.8. The van der Waals surface area contributed by atoms with E-state index in [1.807, 2.05) is 0 Å². The molecule has 0 aromatic heterocycles. The Labute approximate surface area is 473 Å². The van der Waals surface area contributed by atoms with Crippen molar-refractivity contribution in [2.75, 3.05) is 9.80 Å². The first-order valence-electron chi connectivity index (χ1n) is 28.1. The van der Waals surface area contributed by atoms with E-state index in [0.717, 1.165) is 56.1 Å². The summed E-state index contributed by atoms with van der Waals surface area (Å²) >= 11 is 0. The minimum atomic E-state index is -0.509. The number of rotatable bonds is 13. The van der Waals surface area contributed by atoms with Gasteiger partial charge in [0.2, 0.25) is 0 Å². The SMILES string of the molecule is CC1(C)c2ccccc2-c2ccc(N(C=C(c3ccccc3)c3ccccc3)c3ccc(C(C)(c4ccccc4)c4ccc(N(C=C(c5ccccc5)c5ccccc5)c5ccc6c(c5)C(C)(C)c5ccccc5-6)cc4)cc3)cc21. The molecule has 2 nitrogen and oxygen atoms in total. The molecule has 386 valence electrons. The third-order valence-corrected chi connectivity index (χ3v) is 17.3. The average molecular weight is 1030 g/mol. The lowest BCUT2D eigenvalue weighted by molar-refractivity contribution is 0.660. The van der Waals surface area contributed by atoms with E-state index in [-0.39, 0.29) is 10.8 Å². The zero-order valence-corrected chi connectivity index (χ0v) is 46.2. The molecule has 0 atom stereocenters. The quantitative estimate of drug-likeness (QED) is 0.106. The monoisotopic (exact) mass is 1030 g/mol. The van der Waals surface area contributed by atoms with Crippen molar-refractivity contribution >= 4 is 33.9 Å². The molecule has 11 aromatic carbocycles. The Morgan fingerprint density at radius 2 is 0.562 bits per heavy atom. The molecule has 0 radical (unpaired) electrons. The molecule has 0 aliphatic heterocycles. The van der Waals surface area contributed by atoms with Crippen molar-refractivity contribution in [1.82, 2.24) is 0 Å². The lowest BCUT2D eigenvalue weighted by Crippen LogP contribution is -2.25. The zero-order valence-electron chi connectivity index (χ0n) is 46.2. The summed E-state index contributed by atoms with van der Waals surface area (Å²) in [4.78, 5) is 4.79. The molecule has 2 heteroatoms. The maximum absolute atomic E-state index is 2.42. The molecule has 0 saturated carbocycles. The van der Waals surface area contributed by atoms with Crippen LogP contribution < -0.4 is 9.80 Å². The summed E-state index contributed by atoms with van der Waals surface area (Å²) in [7, 11) is 0. The predicted octanol–water partition coefficient (Wildman–Crippen LogP) is 20.1. The minimum Gasteiger partial charge on any atom is -0.317 e. The molecule has 0 heterocycles. The van der Waals surface area contributed by atoms with Crippen molar-refractivity contribution in [3.05, 3.63) is 359 Å². The number of hydrogen-bond donors (Lipinski definition) is 0. The molecule has 0 amide bonds.